The molecule has 0 saturated heterocycles. The molecule has 19 heavy (non-hydrogen) atoms. The number of unbranched alkanes of at least 4 members (excludes halogenated alkanes) is 1. The first-order valence-corrected chi connectivity index (χ1v) is 6.50. The molecule has 1 rings (SSSR count). The van der Waals surface area contributed by atoms with Crippen molar-refractivity contribution in [2.24, 2.45) is 10.9 Å². The van der Waals surface area contributed by atoms with E-state index in [1.807, 2.05) is 0 Å². The summed E-state index contributed by atoms with van der Waals surface area (Å²) in [5.74, 6) is -0.0156. The Hall–Kier alpha value is -1.46. The number of nitrogens with one attached hydrogen (secondary N) is 1. The molecule has 0 aromatic heterocycles. The Kier molecular flexibility index (Phi) is 6.45. The third kappa shape index (κ3) is 5.36. The van der Waals surface area contributed by atoms with Crippen LogP contribution in [0.3, 0.4) is 0 Å². The van der Waals surface area contributed by atoms with Gasteiger partial charge in [0.15, 0.2) is 0 Å². The molecule has 1 aromatic carbocycles. The molecule has 0 bridgehead atoms. The minimum atomic E-state index is -0.206. The quantitative estimate of drug-likeness (QED) is 0.248. The molecule has 4 N–H and O–H groups in total. The number of amidine groups is 1. The van der Waals surface area contributed by atoms with Gasteiger partial charge in [0, 0.05) is 18.5 Å². The van der Waals surface area contributed by atoms with E-state index in [0.717, 1.165) is 12.8 Å². The highest BCUT2D eigenvalue weighted by Gasteiger charge is 2.07. The summed E-state index contributed by atoms with van der Waals surface area (Å²) in [6, 6.07) is 4.72. The maximum atomic E-state index is 11.8. The van der Waals surface area contributed by atoms with Crippen LogP contribution in [0, 0.1) is 0 Å². The van der Waals surface area contributed by atoms with Crippen molar-refractivity contribution >= 4 is 34.9 Å². The zero-order valence-electron chi connectivity index (χ0n) is 10.2. The molecule has 0 atom stereocenters. The van der Waals surface area contributed by atoms with E-state index in [2.05, 4.69) is 10.5 Å². The summed E-state index contributed by atoms with van der Waals surface area (Å²) in [5.41, 5.74) is 5.79. The summed E-state index contributed by atoms with van der Waals surface area (Å²) in [7, 11) is 0. The molecule has 0 fully saturated rings. The van der Waals surface area contributed by atoms with Gasteiger partial charge in [0.05, 0.1) is 10.0 Å². The van der Waals surface area contributed by atoms with Gasteiger partial charge < -0.3 is 16.3 Å². The number of halogens is 2. The van der Waals surface area contributed by atoms with Gasteiger partial charge >= 0.3 is 0 Å². The van der Waals surface area contributed by atoms with Gasteiger partial charge in [0.2, 0.25) is 0 Å². The summed E-state index contributed by atoms with van der Waals surface area (Å²) >= 11 is 11.6. The lowest BCUT2D eigenvalue weighted by atomic mass is 10.2. The zero-order chi connectivity index (χ0) is 14.3. The van der Waals surface area contributed by atoms with Gasteiger partial charge in [0.25, 0.3) is 5.91 Å². The molecular weight excluding hydrogens is 289 g/mol. The van der Waals surface area contributed by atoms with Gasteiger partial charge in [-0.05, 0) is 31.0 Å². The lowest BCUT2D eigenvalue weighted by Crippen LogP contribution is -2.24. The molecule has 5 nitrogen and oxygen atoms in total. The van der Waals surface area contributed by atoms with Gasteiger partial charge in [-0.1, -0.05) is 28.4 Å². The van der Waals surface area contributed by atoms with Crippen LogP contribution in [0.1, 0.15) is 29.6 Å². The molecule has 0 heterocycles. The fraction of sp³-hybridized carbons (Fsp3) is 0.333. The predicted octanol–water partition coefficient (Wildman–Crippen LogP) is 2.64. The lowest BCUT2D eigenvalue weighted by molar-refractivity contribution is 0.0953. The minimum absolute atomic E-state index is 0.191. The van der Waals surface area contributed by atoms with Crippen molar-refractivity contribution in [1.82, 2.24) is 5.32 Å². The monoisotopic (exact) mass is 303 g/mol. The van der Waals surface area contributed by atoms with Crippen molar-refractivity contribution in [1.29, 1.82) is 0 Å². The van der Waals surface area contributed by atoms with Crippen molar-refractivity contribution in [2.75, 3.05) is 6.54 Å². The summed E-state index contributed by atoms with van der Waals surface area (Å²) in [4.78, 5) is 11.8. The number of hydrogen-bond donors (Lipinski definition) is 3. The van der Waals surface area contributed by atoms with Gasteiger partial charge in [-0.15, -0.1) is 0 Å². The van der Waals surface area contributed by atoms with Crippen LogP contribution in [0.5, 0.6) is 0 Å². The zero-order valence-corrected chi connectivity index (χ0v) is 11.7. The van der Waals surface area contributed by atoms with E-state index in [9.17, 15) is 4.79 Å². The third-order valence-electron chi connectivity index (χ3n) is 2.46. The second kappa shape index (κ2) is 7.86. The fourth-order valence-corrected chi connectivity index (χ4v) is 1.72. The van der Waals surface area contributed by atoms with E-state index in [4.69, 9.17) is 34.1 Å². The molecule has 0 aliphatic heterocycles. The first-order chi connectivity index (χ1) is 9.04. The Morgan fingerprint density at radius 2 is 2.05 bits per heavy atom. The fourth-order valence-electron chi connectivity index (χ4n) is 1.42. The van der Waals surface area contributed by atoms with Gasteiger partial charge in [-0.2, -0.15) is 0 Å². The molecule has 104 valence electrons. The normalized spacial score (nSPS) is 11.4. The molecule has 0 radical (unpaired) electrons. The number of amides is 1. The number of hydrogen-bond acceptors (Lipinski definition) is 3. The average Bonchev–Trinajstić information content (AvgIpc) is 2.40. The van der Waals surface area contributed by atoms with E-state index < -0.39 is 0 Å². The molecule has 1 aromatic rings. The smallest absolute Gasteiger partial charge is 0.251 e. The average molecular weight is 304 g/mol. The van der Waals surface area contributed by atoms with E-state index >= 15 is 0 Å². The molecule has 0 aliphatic rings. The van der Waals surface area contributed by atoms with Crippen molar-refractivity contribution in [3.8, 4) is 0 Å². The summed E-state index contributed by atoms with van der Waals surface area (Å²) in [5, 5.41) is 14.7. The topological polar surface area (TPSA) is 87.7 Å². The molecular formula is C12H15Cl2N3O2. The van der Waals surface area contributed by atoms with Crippen LogP contribution in [-0.4, -0.2) is 23.5 Å². The Labute approximate surface area is 121 Å². The van der Waals surface area contributed by atoms with Crippen LogP contribution < -0.4 is 11.1 Å². The number of nitrogens with two attached hydrogens (primary N) is 1. The molecule has 0 spiro atoms. The Bertz CT molecular complexity index is 478. The van der Waals surface area contributed by atoms with Crippen LogP contribution >= 0.6 is 23.2 Å². The van der Waals surface area contributed by atoms with Crippen LogP contribution in [0.25, 0.3) is 0 Å². The van der Waals surface area contributed by atoms with E-state index in [-0.39, 0.29) is 11.7 Å². The van der Waals surface area contributed by atoms with Crippen molar-refractivity contribution in [3.05, 3.63) is 33.8 Å². The predicted molar refractivity (Wildman–Crippen MR) is 76.1 cm³/mol. The number of carbonyl (C=O) groups excluding carboxylic acids is 1. The Morgan fingerprint density at radius 1 is 1.32 bits per heavy atom. The number of carbonyl (C=O) groups is 1. The highest BCUT2D eigenvalue weighted by molar-refractivity contribution is 6.42. The van der Waals surface area contributed by atoms with Crippen LogP contribution in [0.15, 0.2) is 23.4 Å². The number of rotatable bonds is 6. The highest BCUT2D eigenvalue weighted by atomic mass is 35.5. The van der Waals surface area contributed by atoms with Gasteiger partial charge in [-0.25, -0.2) is 0 Å². The SMILES string of the molecule is NC(CCCCNC(=O)c1ccc(Cl)c(Cl)c1)=NO. The van der Waals surface area contributed by atoms with Crippen LogP contribution in [-0.2, 0) is 0 Å². The molecule has 0 aliphatic carbocycles. The van der Waals surface area contributed by atoms with Crippen molar-refractivity contribution in [2.45, 2.75) is 19.3 Å². The molecule has 0 saturated carbocycles. The third-order valence-corrected chi connectivity index (χ3v) is 3.19. The molecule has 1 amide bonds. The largest absolute Gasteiger partial charge is 0.409 e. The summed E-state index contributed by atoms with van der Waals surface area (Å²) in [6.07, 6.45) is 1.97. The van der Waals surface area contributed by atoms with Crippen LogP contribution in [0.2, 0.25) is 10.0 Å². The minimum Gasteiger partial charge on any atom is -0.409 e. The molecule has 0 unspecified atom stereocenters. The first-order valence-electron chi connectivity index (χ1n) is 5.74. The number of oxime groups is 1. The Morgan fingerprint density at radius 3 is 2.68 bits per heavy atom. The second-order valence-corrected chi connectivity index (χ2v) is 4.75. The van der Waals surface area contributed by atoms with Crippen LogP contribution in [0.4, 0.5) is 0 Å². The van der Waals surface area contributed by atoms with Gasteiger partial charge in [-0.3, -0.25) is 4.79 Å². The first kappa shape index (κ1) is 15.6. The number of benzene rings is 1. The van der Waals surface area contributed by atoms with Crippen molar-refractivity contribution in [3.63, 3.8) is 0 Å². The Balaban J connectivity index is 2.33. The van der Waals surface area contributed by atoms with Gasteiger partial charge in [0.1, 0.15) is 5.84 Å². The standard InChI is InChI=1S/C12H15Cl2N3O2/c13-9-5-4-8(7-10(9)14)12(18)16-6-2-1-3-11(15)17-19/h4-5,7,19H,1-3,6H2,(H2,15,17)(H,16,18). The highest BCUT2D eigenvalue weighted by Crippen LogP contribution is 2.22. The van der Waals surface area contributed by atoms with E-state index in [1.54, 1.807) is 12.1 Å². The molecule has 7 heteroatoms. The maximum Gasteiger partial charge on any atom is 0.251 e. The van der Waals surface area contributed by atoms with Crippen molar-refractivity contribution < 1.29 is 10.0 Å². The lowest BCUT2D eigenvalue weighted by Gasteiger charge is -2.06. The second-order valence-electron chi connectivity index (χ2n) is 3.93. The van der Waals surface area contributed by atoms with E-state index in [0.29, 0.717) is 28.6 Å². The summed E-state index contributed by atoms with van der Waals surface area (Å²) in [6.45, 7) is 0.512. The van der Waals surface area contributed by atoms with E-state index in [1.165, 1.54) is 6.07 Å². The summed E-state index contributed by atoms with van der Waals surface area (Å²) < 4.78 is 0. The maximum absolute atomic E-state index is 11.8. The number of nitrogens with zero attached hydrogens (tertiary/aromatic N) is 1.